The zero-order valence-electron chi connectivity index (χ0n) is 19.1. The number of methoxy groups -OCH3 is 1. The lowest BCUT2D eigenvalue weighted by atomic mass is 10.0. The quantitative estimate of drug-likeness (QED) is 0.259. The number of aromatic nitrogens is 2. The average molecular weight is 546 g/mol. The second-order valence-corrected chi connectivity index (χ2v) is 9.42. The van der Waals surface area contributed by atoms with Crippen molar-refractivity contribution in [3.63, 3.8) is 0 Å². The van der Waals surface area contributed by atoms with E-state index in [1.54, 1.807) is 12.1 Å². The minimum Gasteiger partial charge on any atom is -0.508 e. The van der Waals surface area contributed by atoms with Crippen molar-refractivity contribution in [3.05, 3.63) is 79.5 Å². The fourth-order valence-electron chi connectivity index (χ4n) is 3.57. The van der Waals surface area contributed by atoms with Gasteiger partial charge in [-0.3, -0.25) is 24.4 Å². The molecule has 3 aromatic rings. The Morgan fingerprint density at radius 1 is 1.16 bits per heavy atom. The molecule has 192 valence electrons. The minimum absolute atomic E-state index is 0.0410. The molecule has 1 fully saturated rings. The maximum Gasteiger partial charge on any atom is 0.328 e. The van der Waals surface area contributed by atoms with Gasteiger partial charge in [0.05, 0.1) is 12.8 Å². The Hall–Kier alpha value is -4.23. The molecule has 14 heteroatoms. The van der Waals surface area contributed by atoms with Gasteiger partial charge in [0.1, 0.15) is 28.4 Å². The Labute approximate surface area is 217 Å². The number of hydrogen-bond donors (Lipinski definition) is 6. The summed E-state index contributed by atoms with van der Waals surface area (Å²) in [7, 11) is 1.44. The first-order valence-corrected chi connectivity index (χ1v) is 11.9. The summed E-state index contributed by atoms with van der Waals surface area (Å²) in [6.45, 7) is 0. The number of hydrogen-bond acceptors (Lipinski definition) is 9. The first-order chi connectivity index (χ1) is 17.6. The SMILES string of the molecule is COc1ccc(Cl)cc1NC(=O)CC1SC(=NC(c2ccc(O)cc2)c2c(O)[nH]c(=O)[nH]c2=O)NC1=O. The number of amides is 2. The highest BCUT2D eigenvalue weighted by atomic mass is 35.5. The van der Waals surface area contributed by atoms with Crippen LogP contribution < -0.4 is 26.6 Å². The third-order valence-electron chi connectivity index (χ3n) is 5.27. The van der Waals surface area contributed by atoms with Gasteiger partial charge in [0, 0.05) is 11.4 Å². The van der Waals surface area contributed by atoms with Crippen LogP contribution in [0.4, 0.5) is 5.69 Å². The number of H-pyrrole nitrogens is 2. The molecular weight excluding hydrogens is 526 g/mol. The number of benzene rings is 2. The molecule has 1 aliphatic rings. The molecule has 1 aromatic heterocycles. The van der Waals surface area contributed by atoms with E-state index in [0.29, 0.717) is 22.0 Å². The van der Waals surface area contributed by atoms with E-state index >= 15 is 0 Å². The molecule has 0 aliphatic carbocycles. The normalized spacial score (nSPS) is 16.9. The second-order valence-electron chi connectivity index (χ2n) is 7.79. The molecular formula is C23H20ClN5O7S. The molecule has 0 bridgehead atoms. The van der Waals surface area contributed by atoms with Crippen LogP contribution in [0.25, 0.3) is 0 Å². The minimum atomic E-state index is -1.16. The van der Waals surface area contributed by atoms with Crippen LogP contribution >= 0.6 is 23.4 Å². The fourth-order valence-corrected chi connectivity index (χ4v) is 4.73. The van der Waals surface area contributed by atoms with Gasteiger partial charge in [0.2, 0.25) is 17.7 Å². The molecule has 0 spiro atoms. The molecule has 12 nitrogen and oxygen atoms in total. The van der Waals surface area contributed by atoms with E-state index in [1.807, 2.05) is 4.98 Å². The van der Waals surface area contributed by atoms with Crippen molar-refractivity contribution in [1.29, 1.82) is 0 Å². The van der Waals surface area contributed by atoms with Crippen LogP contribution in [-0.4, -0.2) is 49.5 Å². The smallest absolute Gasteiger partial charge is 0.328 e. The number of phenols is 1. The number of nitrogens with one attached hydrogen (secondary N) is 4. The van der Waals surface area contributed by atoms with E-state index in [2.05, 4.69) is 20.6 Å². The Balaban J connectivity index is 1.59. The Morgan fingerprint density at radius 3 is 2.57 bits per heavy atom. The second kappa shape index (κ2) is 10.8. The third-order valence-corrected chi connectivity index (χ3v) is 6.60. The largest absolute Gasteiger partial charge is 0.508 e. The number of halogens is 1. The van der Waals surface area contributed by atoms with Gasteiger partial charge in [0.25, 0.3) is 5.56 Å². The lowest BCUT2D eigenvalue weighted by Gasteiger charge is -2.14. The number of carbonyl (C=O) groups is 2. The molecule has 6 N–H and O–H groups in total. The summed E-state index contributed by atoms with van der Waals surface area (Å²) in [6.07, 6.45) is -0.209. The van der Waals surface area contributed by atoms with Crippen molar-refractivity contribution in [2.24, 2.45) is 4.99 Å². The molecule has 2 atom stereocenters. The average Bonchev–Trinajstić information content (AvgIpc) is 3.16. The summed E-state index contributed by atoms with van der Waals surface area (Å²) < 4.78 is 5.21. The topological polar surface area (TPSA) is 186 Å². The van der Waals surface area contributed by atoms with Crippen LogP contribution in [-0.2, 0) is 9.59 Å². The van der Waals surface area contributed by atoms with Crippen molar-refractivity contribution in [1.82, 2.24) is 15.3 Å². The summed E-state index contributed by atoms with van der Waals surface area (Å²) in [5.74, 6) is -1.30. The van der Waals surface area contributed by atoms with Crippen molar-refractivity contribution < 1.29 is 24.5 Å². The number of aliphatic imine (C=N–C) groups is 1. The van der Waals surface area contributed by atoms with Gasteiger partial charge in [-0.2, -0.15) is 0 Å². The number of carbonyl (C=O) groups excluding carboxylic acids is 2. The highest BCUT2D eigenvalue weighted by Gasteiger charge is 2.34. The lowest BCUT2D eigenvalue weighted by molar-refractivity contribution is -0.122. The summed E-state index contributed by atoms with van der Waals surface area (Å²) in [5.41, 5.74) is -1.35. The first kappa shape index (κ1) is 25.9. The van der Waals surface area contributed by atoms with E-state index in [9.17, 15) is 29.4 Å². The summed E-state index contributed by atoms with van der Waals surface area (Å²) in [5, 5.41) is 24.8. The molecule has 1 saturated heterocycles. The van der Waals surface area contributed by atoms with Crippen LogP contribution in [0.5, 0.6) is 17.4 Å². The molecule has 4 rings (SSSR count). The number of aromatic hydroxyl groups is 2. The Morgan fingerprint density at radius 2 is 1.89 bits per heavy atom. The van der Waals surface area contributed by atoms with Gasteiger partial charge >= 0.3 is 5.69 Å². The number of rotatable bonds is 7. The van der Waals surface area contributed by atoms with Crippen molar-refractivity contribution in [2.75, 3.05) is 12.4 Å². The fraction of sp³-hybridized carbons (Fsp3) is 0.174. The zero-order valence-corrected chi connectivity index (χ0v) is 20.6. The van der Waals surface area contributed by atoms with Gasteiger partial charge in [-0.05, 0) is 35.9 Å². The van der Waals surface area contributed by atoms with Crippen LogP contribution in [0.2, 0.25) is 5.02 Å². The summed E-state index contributed by atoms with van der Waals surface area (Å²) in [6, 6.07) is 9.22. The van der Waals surface area contributed by atoms with E-state index in [-0.39, 0.29) is 22.9 Å². The van der Waals surface area contributed by atoms with Gasteiger partial charge in [-0.1, -0.05) is 35.5 Å². The summed E-state index contributed by atoms with van der Waals surface area (Å²) in [4.78, 5) is 57.8. The van der Waals surface area contributed by atoms with Gasteiger partial charge < -0.3 is 25.6 Å². The number of nitrogens with zero attached hydrogens (tertiary/aromatic N) is 1. The van der Waals surface area contributed by atoms with Crippen molar-refractivity contribution >= 4 is 46.0 Å². The van der Waals surface area contributed by atoms with E-state index < -0.39 is 40.2 Å². The maximum absolute atomic E-state index is 12.6. The van der Waals surface area contributed by atoms with Crippen LogP contribution in [0, 0.1) is 0 Å². The number of aromatic amines is 2. The van der Waals surface area contributed by atoms with E-state index in [0.717, 1.165) is 11.8 Å². The number of phenolic OH excluding ortho intramolecular Hbond substituents is 1. The highest BCUT2D eigenvalue weighted by molar-refractivity contribution is 8.15. The van der Waals surface area contributed by atoms with Gasteiger partial charge in [-0.15, -0.1) is 0 Å². The third kappa shape index (κ3) is 5.95. The molecule has 0 saturated carbocycles. The van der Waals surface area contributed by atoms with E-state index in [4.69, 9.17) is 16.3 Å². The molecule has 37 heavy (non-hydrogen) atoms. The van der Waals surface area contributed by atoms with Crippen LogP contribution in [0.1, 0.15) is 23.6 Å². The molecule has 2 aromatic carbocycles. The summed E-state index contributed by atoms with van der Waals surface area (Å²) >= 11 is 6.95. The van der Waals surface area contributed by atoms with E-state index in [1.165, 1.54) is 37.4 Å². The Kier molecular flexibility index (Phi) is 7.55. The molecule has 0 radical (unpaired) electrons. The van der Waals surface area contributed by atoms with Gasteiger partial charge in [0.15, 0.2) is 5.17 Å². The van der Waals surface area contributed by atoms with Gasteiger partial charge in [-0.25, -0.2) is 9.79 Å². The maximum atomic E-state index is 12.6. The molecule has 2 unspecified atom stereocenters. The monoisotopic (exact) mass is 545 g/mol. The number of anilines is 1. The predicted octanol–water partition coefficient (Wildman–Crippen LogP) is 1.84. The van der Waals surface area contributed by atoms with Crippen LogP contribution in [0.15, 0.2) is 57.0 Å². The van der Waals surface area contributed by atoms with Crippen LogP contribution in [0.3, 0.4) is 0 Å². The highest BCUT2D eigenvalue weighted by Crippen LogP contribution is 2.33. The number of amidine groups is 1. The first-order valence-electron chi connectivity index (χ1n) is 10.7. The zero-order chi connectivity index (χ0) is 26.7. The molecule has 1 aliphatic heterocycles. The lowest BCUT2D eigenvalue weighted by Crippen LogP contribution is -2.29. The Bertz CT molecular complexity index is 1500. The number of ether oxygens (including phenoxy) is 1. The van der Waals surface area contributed by atoms with Crippen molar-refractivity contribution in [3.8, 4) is 17.4 Å². The molecule has 2 amide bonds. The standard InChI is InChI=1S/C23H20ClN5O7S/c1-36-14-7-4-11(24)8-13(14)25-16(31)9-15-19(32)29-23(37-15)26-18(10-2-5-12(30)6-3-10)17-20(33)27-22(35)28-21(17)34/h2-8,15,18,30H,9H2,1H3,(H,25,31)(H,26,29,32)(H3,27,28,33,34,35). The number of thioether (sulfide) groups is 1. The van der Waals surface area contributed by atoms with Crippen molar-refractivity contribution in [2.45, 2.75) is 17.7 Å². The molecule has 2 heterocycles. The predicted molar refractivity (Wildman–Crippen MR) is 138 cm³/mol.